The van der Waals surface area contributed by atoms with Crippen molar-refractivity contribution >= 4 is 34.9 Å². The maximum Gasteiger partial charge on any atom is 0.270 e. The van der Waals surface area contributed by atoms with E-state index >= 15 is 0 Å². The molecule has 1 heterocycles. The maximum atomic E-state index is 10.8. The summed E-state index contributed by atoms with van der Waals surface area (Å²) in [6.45, 7) is 0. The molecule has 0 saturated heterocycles. The number of nitro benzene ring substituents is 2. The van der Waals surface area contributed by atoms with E-state index < -0.39 is 9.85 Å². The Hall–Kier alpha value is -2.06. The highest BCUT2D eigenvalue weighted by Gasteiger charge is 2.21. The quantitative estimate of drug-likeness (QED) is 0.523. The lowest BCUT2D eigenvalue weighted by Gasteiger charge is -2.17. The molecule has 0 fully saturated rings. The van der Waals surface area contributed by atoms with Crippen LogP contribution in [-0.4, -0.2) is 9.85 Å². The molecule has 0 unspecified atom stereocenters. The van der Waals surface area contributed by atoms with Gasteiger partial charge in [0.25, 0.3) is 11.4 Å². The Balaban J connectivity index is 2.03. The molecule has 3 rings (SSSR count). The minimum atomic E-state index is -0.450. The molecule has 0 spiro atoms. The predicted molar refractivity (Wildman–Crippen MR) is 74.4 cm³/mol. The molecule has 0 bridgehead atoms. The van der Waals surface area contributed by atoms with Gasteiger partial charge in [-0.15, -0.1) is 0 Å². The summed E-state index contributed by atoms with van der Waals surface area (Å²) in [5, 5.41) is 21.6. The average molecular weight is 306 g/mol. The lowest BCUT2D eigenvalue weighted by atomic mass is 10.3. The van der Waals surface area contributed by atoms with Crippen molar-refractivity contribution in [2.24, 2.45) is 0 Å². The van der Waals surface area contributed by atoms with Gasteiger partial charge in [-0.2, -0.15) is 0 Å². The fourth-order valence-corrected chi connectivity index (χ4v) is 4.05. The van der Waals surface area contributed by atoms with Crippen LogP contribution in [0.2, 0.25) is 0 Å². The number of fused-ring (bicyclic) bond motifs is 2. The first kappa shape index (κ1) is 12.9. The zero-order chi connectivity index (χ0) is 14.3. The van der Waals surface area contributed by atoms with E-state index in [0.717, 1.165) is 19.6 Å². The molecule has 1 aliphatic heterocycles. The van der Waals surface area contributed by atoms with Crippen LogP contribution in [0, 0.1) is 20.2 Å². The van der Waals surface area contributed by atoms with Gasteiger partial charge in [0.2, 0.25) is 0 Å². The molecule has 0 aromatic heterocycles. The van der Waals surface area contributed by atoms with Gasteiger partial charge in [-0.3, -0.25) is 20.2 Å². The Labute approximate surface area is 121 Å². The summed E-state index contributed by atoms with van der Waals surface area (Å²) in [7, 11) is 0. The number of nitro groups is 2. The van der Waals surface area contributed by atoms with E-state index in [2.05, 4.69) is 0 Å². The van der Waals surface area contributed by atoms with Crippen LogP contribution in [0.5, 0.6) is 0 Å². The van der Waals surface area contributed by atoms with Crippen LogP contribution in [0.3, 0.4) is 0 Å². The molecule has 0 aliphatic carbocycles. The highest BCUT2D eigenvalue weighted by molar-refractivity contribution is 8.05. The van der Waals surface area contributed by atoms with Crippen molar-refractivity contribution in [3.63, 3.8) is 0 Å². The molecular weight excluding hydrogens is 300 g/mol. The predicted octanol–water partition coefficient (Wildman–Crippen LogP) is 4.12. The first-order valence-electron chi connectivity index (χ1n) is 5.47. The summed E-state index contributed by atoms with van der Waals surface area (Å²) < 4.78 is 0. The Bertz CT molecular complexity index is 687. The molecule has 0 saturated carbocycles. The van der Waals surface area contributed by atoms with E-state index in [9.17, 15) is 20.2 Å². The highest BCUT2D eigenvalue weighted by Crippen LogP contribution is 2.50. The molecule has 20 heavy (non-hydrogen) atoms. The van der Waals surface area contributed by atoms with Gasteiger partial charge in [0.15, 0.2) is 0 Å². The Morgan fingerprint density at radius 2 is 1.10 bits per heavy atom. The van der Waals surface area contributed by atoms with Gasteiger partial charge in [0.05, 0.1) is 9.85 Å². The van der Waals surface area contributed by atoms with Crippen LogP contribution in [-0.2, 0) is 0 Å². The fraction of sp³-hybridized carbons (Fsp3) is 0. The van der Waals surface area contributed by atoms with Crippen molar-refractivity contribution in [1.82, 2.24) is 0 Å². The number of benzene rings is 2. The summed E-state index contributed by atoms with van der Waals surface area (Å²) in [5.41, 5.74) is 0.0384. The number of hydrogen-bond donors (Lipinski definition) is 0. The third-order valence-corrected chi connectivity index (χ3v) is 5.24. The molecule has 8 heteroatoms. The minimum Gasteiger partial charge on any atom is -0.258 e. The van der Waals surface area contributed by atoms with Gasteiger partial charge in [-0.1, -0.05) is 23.5 Å². The van der Waals surface area contributed by atoms with Crippen molar-refractivity contribution in [1.29, 1.82) is 0 Å². The second kappa shape index (κ2) is 4.80. The van der Waals surface area contributed by atoms with E-state index in [1.807, 2.05) is 0 Å². The lowest BCUT2D eigenvalue weighted by Crippen LogP contribution is -1.94. The average Bonchev–Trinajstić information content (AvgIpc) is 2.43. The molecule has 0 atom stereocenters. The van der Waals surface area contributed by atoms with Crippen LogP contribution < -0.4 is 0 Å². The zero-order valence-electron chi connectivity index (χ0n) is 9.81. The molecule has 0 radical (unpaired) electrons. The lowest BCUT2D eigenvalue weighted by molar-refractivity contribution is -0.385. The molecule has 100 valence electrons. The first-order valence-corrected chi connectivity index (χ1v) is 7.10. The number of hydrogen-bond acceptors (Lipinski definition) is 6. The van der Waals surface area contributed by atoms with Crippen molar-refractivity contribution in [2.45, 2.75) is 19.6 Å². The highest BCUT2D eigenvalue weighted by atomic mass is 32.2. The van der Waals surface area contributed by atoms with Crippen LogP contribution in [0.15, 0.2) is 56.0 Å². The third kappa shape index (κ3) is 2.23. The molecule has 2 aromatic rings. The normalized spacial score (nSPS) is 12.4. The SMILES string of the molecule is O=[N+]([O-])c1ccc2c(c1)Sc1cc([N+](=O)[O-])ccc1S2. The van der Waals surface area contributed by atoms with E-state index in [1.165, 1.54) is 47.8 Å². The number of rotatable bonds is 2. The van der Waals surface area contributed by atoms with Crippen LogP contribution in [0.4, 0.5) is 11.4 Å². The van der Waals surface area contributed by atoms with Crippen molar-refractivity contribution in [2.75, 3.05) is 0 Å². The summed E-state index contributed by atoms with van der Waals surface area (Å²) in [6, 6.07) is 9.32. The molecule has 6 nitrogen and oxygen atoms in total. The Morgan fingerprint density at radius 3 is 1.50 bits per heavy atom. The van der Waals surface area contributed by atoms with Gasteiger partial charge >= 0.3 is 0 Å². The van der Waals surface area contributed by atoms with Crippen LogP contribution >= 0.6 is 23.5 Å². The second-order valence-electron chi connectivity index (χ2n) is 3.98. The standard InChI is InChI=1S/C12H6N2O4S2/c15-13(16)7-1-3-9-11(5-7)20-12-6-8(14(17)18)2-4-10(12)19-9/h1-6H. The van der Waals surface area contributed by atoms with Gasteiger partial charge in [0, 0.05) is 43.8 Å². The molecular formula is C12H6N2O4S2. The number of nitrogens with zero attached hydrogens (tertiary/aromatic N) is 2. The molecule has 1 aliphatic rings. The smallest absolute Gasteiger partial charge is 0.258 e. The third-order valence-electron chi connectivity index (χ3n) is 2.72. The minimum absolute atomic E-state index is 0.0192. The molecule has 0 N–H and O–H groups in total. The molecule has 0 amide bonds. The van der Waals surface area contributed by atoms with Gasteiger partial charge < -0.3 is 0 Å². The summed E-state index contributed by atoms with van der Waals surface area (Å²) in [6.07, 6.45) is 0. The van der Waals surface area contributed by atoms with E-state index in [4.69, 9.17) is 0 Å². The monoisotopic (exact) mass is 306 g/mol. The van der Waals surface area contributed by atoms with Crippen molar-refractivity contribution < 1.29 is 9.85 Å². The molecule has 2 aromatic carbocycles. The van der Waals surface area contributed by atoms with Crippen molar-refractivity contribution in [3.8, 4) is 0 Å². The summed E-state index contributed by atoms with van der Waals surface area (Å²) in [4.78, 5) is 24.0. The topological polar surface area (TPSA) is 86.3 Å². The largest absolute Gasteiger partial charge is 0.270 e. The van der Waals surface area contributed by atoms with Crippen molar-refractivity contribution in [3.05, 3.63) is 56.6 Å². The van der Waals surface area contributed by atoms with E-state index in [1.54, 1.807) is 12.1 Å². The zero-order valence-corrected chi connectivity index (χ0v) is 11.4. The van der Waals surface area contributed by atoms with E-state index in [0.29, 0.717) is 0 Å². The summed E-state index contributed by atoms with van der Waals surface area (Å²) >= 11 is 2.77. The van der Waals surface area contributed by atoms with E-state index in [-0.39, 0.29) is 11.4 Å². The first-order chi connectivity index (χ1) is 9.54. The Kier molecular flexibility index (Phi) is 3.11. The van der Waals surface area contributed by atoms with Gasteiger partial charge in [0.1, 0.15) is 0 Å². The Morgan fingerprint density at radius 1 is 0.700 bits per heavy atom. The van der Waals surface area contributed by atoms with Gasteiger partial charge in [-0.25, -0.2) is 0 Å². The second-order valence-corrected chi connectivity index (χ2v) is 6.15. The van der Waals surface area contributed by atoms with Gasteiger partial charge in [-0.05, 0) is 12.1 Å². The summed E-state index contributed by atoms with van der Waals surface area (Å²) in [5.74, 6) is 0. The number of non-ortho nitro benzene ring substituents is 2. The maximum absolute atomic E-state index is 10.8. The van der Waals surface area contributed by atoms with Crippen LogP contribution in [0.1, 0.15) is 0 Å². The van der Waals surface area contributed by atoms with Crippen LogP contribution in [0.25, 0.3) is 0 Å². The fourth-order valence-electron chi connectivity index (χ4n) is 1.79.